The van der Waals surface area contributed by atoms with Crippen molar-refractivity contribution in [3.05, 3.63) is 64.2 Å². The van der Waals surface area contributed by atoms with Crippen LogP contribution in [-0.2, 0) is 0 Å². The predicted octanol–water partition coefficient (Wildman–Crippen LogP) is 3.73. The van der Waals surface area contributed by atoms with Gasteiger partial charge in [0.1, 0.15) is 24.7 Å². The van der Waals surface area contributed by atoms with Crippen LogP contribution in [0.4, 0.5) is 5.69 Å². The predicted molar refractivity (Wildman–Crippen MR) is 100 cm³/mol. The van der Waals surface area contributed by atoms with E-state index >= 15 is 0 Å². The third kappa shape index (κ3) is 5.44. The molecule has 1 aliphatic rings. The summed E-state index contributed by atoms with van der Waals surface area (Å²) in [7, 11) is 0. The van der Waals surface area contributed by atoms with Gasteiger partial charge < -0.3 is 14.8 Å². The first-order chi connectivity index (χ1) is 13.1. The third-order valence-corrected chi connectivity index (χ3v) is 4.46. The Kier molecular flexibility index (Phi) is 6.25. The van der Waals surface area contributed by atoms with E-state index in [1.54, 1.807) is 36.4 Å². The van der Waals surface area contributed by atoms with Crippen molar-refractivity contribution >= 4 is 11.6 Å². The van der Waals surface area contributed by atoms with Crippen LogP contribution >= 0.6 is 0 Å². The first-order valence-corrected chi connectivity index (χ1v) is 9.03. The van der Waals surface area contributed by atoms with Crippen LogP contribution in [0.5, 0.6) is 11.5 Å². The summed E-state index contributed by atoms with van der Waals surface area (Å²) in [4.78, 5) is 22.5. The Hall–Kier alpha value is -3.09. The Balaban J connectivity index is 1.42. The van der Waals surface area contributed by atoms with Crippen molar-refractivity contribution in [2.24, 2.45) is 0 Å². The van der Waals surface area contributed by atoms with E-state index in [1.165, 1.54) is 25.0 Å². The molecular formula is C20H22N2O5. The summed E-state index contributed by atoms with van der Waals surface area (Å²) >= 11 is 0. The van der Waals surface area contributed by atoms with Crippen molar-refractivity contribution in [1.29, 1.82) is 0 Å². The van der Waals surface area contributed by atoms with E-state index in [4.69, 9.17) is 9.47 Å². The molecule has 2 aromatic carbocycles. The number of ether oxygens (including phenoxy) is 2. The monoisotopic (exact) mass is 370 g/mol. The highest BCUT2D eigenvalue weighted by Crippen LogP contribution is 2.20. The lowest BCUT2D eigenvalue weighted by atomic mass is 10.1. The highest BCUT2D eigenvalue weighted by Gasteiger charge is 2.17. The van der Waals surface area contributed by atoms with Gasteiger partial charge in [0, 0.05) is 17.7 Å². The molecule has 0 heterocycles. The highest BCUT2D eigenvalue weighted by molar-refractivity contribution is 5.94. The zero-order valence-corrected chi connectivity index (χ0v) is 14.9. The van der Waals surface area contributed by atoms with Gasteiger partial charge in [0.25, 0.3) is 11.6 Å². The molecule has 7 heteroatoms. The standard InChI is InChI=1S/C20H22N2O5/c23-20(21-16-4-1-2-5-16)15-8-10-18(11-9-15)26-12-13-27-19-7-3-6-17(14-19)22(24)25/h3,6-11,14,16H,1-2,4-5,12-13H2,(H,21,23). The van der Waals surface area contributed by atoms with Crippen LogP contribution in [0.15, 0.2) is 48.5 Å². The topological polar surface area (TPSA) is 90.7 Å². The molecule has 0 spiro atoms. The van der Waals surface area contributed by atoms with E-state index in [-0.39, 0.29) is 24.8 Å². The van der Waals surface area contributed by atoms with Crippen molar-refractivity contribution in [2.75, 3.05) is 13.2 Å². The van der Waals surface area contributed by atoms with Crippen LogP contribution in [0.1, 0.15) is 36.0 Å². The summed E-state index contributed by atoms with van der Waals surface area (Å²) in [6, 6.07) is 13.3. The third-order valence-electron chi connectivity index (χ3n) is 4.46. The van der Waals surface area contributed by atoms with Gasteiger partial charge in [0.2, 0.25) is 0 Å². The zero-order valence-electron chi connectivity index (χ0n) is 14.9. The maximum Gasteiger partial charge on any atom is 0.273 e. The second-order valence-corrected chi connectivity index (χ2v) is 6.43. The largest absolute Gasteiger partial charge is 0.490 e. The first kappa shape index (κ1) is 18.7. The Morgan fingerprint density at radius 3 is 2.37 bits per heavy atom. The number of rotatable bonds is 8. The molecule has 27 heavy (non-hydrogen) atoms. The van der Waals surface area contributed by atoms with E-state index in [0.717, 1.165) is 12.8 Å². The quantitative estimate of drug-likeness (QED) is 0.434. The number of nitro benzene ring substituents is 1. The van der Waals surface area contributed by atoms with Crippen molar-refractivity contribution in [1.82, 2.24) is 5.32 Å². The molecule has 1 N–H and O–H groups in total. The number of non-ortho nitro benzene ring substituents is 1. The summed E-state index contributed by atoms with van der Waals surface area (Å²) in [5.41, 5.74) is 0.599. The minimum Gasteiger partial charge on any atom is -0.490 e. The maximum atomic E-state index is 12.2. The molecule has 0 radical (unpaired) electrons. The van der Waals surface area contributed by atoms with E-state index < -0.39 is 4.92 Å². The fourth-order valence-electron chi connectivity index (χ4n) is 3.05. The average molecular weight is 370 g/mol. The number of nitrogens with zero attached hydrogens (tertiary/aromatic N) is 1. The van der Waals surface area contributed by atoms with Crippen molar-refractivity contribution in [3.63, 3.8) is 0 Å². The molecule has 1 saturated carbocycles. The minimum absolute atomic E-state index is 0.0140. The molecule has 1 amide bonds. The lowest BCUT2D eigenvalue weighted by molar-refractivity contribution is -0.384. The maximum absolute atomic E-state index is 12.2. The van der Waals surface area contributed by atoms with E-state index in [0.29, 0.717) is 23.1 Å². The Bertz CT molecular complexity index is 785. The summed E-state index contributed by atoms with van der Waals surface area (Å²) in [5, 5.41) is 13.8. The molecular weight excluding hydrogens is 348 g/mol. The summed E-state index contributed by atoms with van der Waals surface area (Å²) in [6.45, 7) is 0.543. The molecule has 0 saturated heterocycles. The van der Waals surface area contributed by atoms with Gasteiger partial charge in [-0.05, 0) is 43.2 Å². The molecule has 0 atom stereocenters. The van der Waals surface area contributed by atoms with E-state index in [2.05, 4.69) is 5.32 Å². The van der Waals surface area contributed by atoms with Gasteiger partial charge in [-0.2, -0.15) is 0 Å². The van der Waals surface area contributed by atoms with Crippen LogP contribution in [0.2, 0.25) is 0 Å². The molecule has 7 nitrogen and oxygen atoms in total. The number of benzene rings is 2. The SMILES string of the molecule is O=C(NC1CCCC1)c1ccc(OCCOc2cccc([N+](=O)[O-])c2)cc1. The van der Waals surface area contributed by atoms with Crippen LogP contribution in [0, 0.1) is 10.1 Å². The fourth-order valence-corrected chi connectivity index (χ4v) is 3.05. The normalized spacial score (nSPS) is 13.9. The molecule has 0 aromatic heterocycles. The number of carbonyl (C=O) groups excluding carboxylic acids is 1. The van der Waals surface area contributed by atoms with Crippen LogP contribution < -0.4 is 14.8 Å². The van der Waals surface area contributed by atoms with Crippen molar-refractivity contribution in [3.8, 4) is 11.5 Å². The summed E-state index contributed by atoms with van der Waals surface area (Å²) in [5.74, 6) is 1.00. The van der Waals surface area contributed by atoms with Crippen molar-refractivity contribution < 1.29 is 19.2 Å². The Morgan fingerprint density at radius 1 is 1.04 bits per heavy atom. The number of carbonyl (C=O) groups is 1. The van der Waals surface area contributed by atoms with Crippen LogP contribution in [0.25, 0.3) is 0 Å². The molecule has 1 aliphatic carbocycles. The summed E-state index contributed by atoms with van der Waals surface area (Å²) in [6.07, 6.45) is 4.46. The Morgan fingerprint density at radius 2 is 1.70 bits per heavy atom. The number of hydrogen-bond acceptors (Lipinski definition) is 5. The molecule has 0 bridgehead atoms. The molecule has 1 fully saturated rings. The van der Waals surface area contributed by atoms with Gasteiger partial charge in [0.15, 0.2) is 0 Å². The van der Waals surface area contributed by atoms with Gasteiger partial charge in [-0.1, -0.05) is 18.9 Å². The highest BCUT2D eigenvalue weighted by atomic mass is 16.6. The number of hydrogen-bond donors (Lipinski definition) is 1. The molecule has 142 valence electrons. The van der Waals surface area contributed by atoms with Crippen molar-refractivity contribution in [2.45, 2.75) is 31.7 Å². The van der Waals surface area contributed by atoms with E-state index in [9.17, 15) is 14.9 Å². The van der Waals surface area contributed by atoms with E-state index in [1.807, 2.05) is 0 Å². The van der Waals surface area contributed by atoms with Crippen LogP contribution in [0.3, 0.4) is 0 Å². The molecule has 3 rings (SSSR count). The lowest BCUT2D eigenvalue weighted by Gasteiger charge is -2.12. The number of nitrogens with one attached hydrogen (secondary N) is 1. The zero-order chi connectivity index (χ0) is 19.1. The number of amides is 1. The van der Waals surface area contributed by atoms with Gasteiger partial charge in [-0.15, -0.1) is 0 Å². The molecule has 0 unspecified atom stereocenters. The summed E-state index contributed by atoms with van der Waals surface area (Å²) < 4.78 is 11.0. The smallest absolute Gasteiger partial charge is 0.273 e. The number of nitro groups is 1. The first-order valence-electron chi connectivity index (χ1n) is 9.03. The molecule has 2 aromatic rings. The second kappa shape index (κ2) is 9.02. The molecule has 0 aliphatic heterocycles. The second-order valence-electron chi connectivity index (χ2n) is 6.43. The Labute approximate surface area is 157 Å². The average Bonchev–Trinajstić information content (AvgIpc) is 3.19. The van der Waals surface area contributed by atoms with Gasteiger partial charge in [0.05, 0.1) is 11.0 Å². The lowest BCUT2D eigenvalue weighted by Crippen LogP contribution is -2.32. The van der Waals surface area contributed by atoms with Gasteiger partial charge >= 0.3 is 0 Å². The van der Waals surface area contributed by atoms with Gasteiger partial charge in [-0.25, -0.2) is 0 Å². The van der Waals surface area contributed by atoms with Crippen LogP contribution in [-0.4, -0.2) is 30.1 Å². The fraction of sp³-hybridized carbons (Fsp3) is 0.350. The minimum atomic E-state index is -0.465. The van der Waals surface area contributed by atoms with Gasteiger partial charge in [-0.3, -0.25) is 14.9 Å².